The van der Waals surface area contributed by atoms with Crippen LogP contribution in [0.1, 0.15) is 37.7 Å². The Morgan fingerprint density at radius 3 is 2.56 bits per heavy atom. The van der Waals surface area contributed by atoms with Crippen molar-refractivity contribution in [1.29, 1.82) is 0 Å². The van der Waals surface area contributed by atoms with E-state index in [0.29, 0.717) is 0 Å². The maximum atomic E-state index is 13.3. The molecule has 2 fully saturated rings. The minimum absolute atomic E-state index is 0.0165. The van der Waals surface area contributed by atoms with Crippen LogP contribution in [0.4, 0.5) is 8.78 Å². The number of rotatable bonds is 5. The van der Waals surface area contributed by atoms with E-state index in [0.717, 1.165) is 45.3 Å². The molecule has 3 rings (SSSR count). The summed E-state index contributed by atoms with van der Waals surface area (Å²) in [6.07, 6.45) is 3.67. The minimum Gasteiger partial charge on any atom is -0.342 e. The van der Waals surface area contributed by atoms with Gasteiger partial charge in [0.05, 0.1) is 5.92 Å². The van der Waals surface area contributed by atoms with Crippen molar-refractivity contribution in [2.45, 2.75) is 44.4 Å². The third kappa shape index (κ3) is 5.24. The Balaban J connectivity index is 1.43. The molecule has 0 saturated carbocycles. The van der Waals surface area contributed by atoms with Crippen molar-refractivity contribution in [2.75, 3.05) is 32.7 Å². The van der Waals surface area contributed by atoms with Crippen molar-refractivity contribution >= 4 is 5.91 Å². The predicted molar refractivity (Wildman–Crippen MR) is 94.7 cm³/mol. The van der Waals surface area contributed by atoms with Crippen molar-refractivity contribution in [1.82, 2.24) is 9.80 Å². The average Bonchev–Trinajstić information content (AvgIpc) is 2.62. The second kappa shape index (κ2) is 8.26. The number of aryl methyl sites for hydroxylation is 1. The van der Waals surface area contributed by atoms with Gasteiger partial charge in [-0.1, -0.05) is 30.3 Å². The Morgan fingerprint density at radius 2 is 1.84 bits per heavy atom. The zero-order valence-electron chi connectivity index (χ0n) is 14.8. The van der Waals surface area contributed by atoms with Crippen LogP contribution in [0.15, 0.2) is 30.3 Å². The summed E-state index contributed by atoms with van der Waals surface area (Å²) in [5.41, 5.74) is 1.35. The summed E-state index contributed by atoms with van der Waals surface area (Å²) in [6, 6.07) is 10.4. The van der Waals surface area contributed by atoms with Gasteiger partial charge in [0.25, 0.3) is 5.92 Å². The molecule has 138 valence electrons. The van der Waals surface area contributed by atoms with Crippen LogP contribution in [0.25, 0.3) is 0 Å². The number of alkyl halides is 2. The van der Waals surface area contributed by atoms with Gasteiger partial charge in [-0.3, -0.25) is 4.79 Å². The first-order valence-corrected chi connectivity index (χ1v) is 9.46. The molecule has 3 nitrogen and oxygen atoms in total. The van der Waals surface area contributed by atoms with Gasteiger partial charge in [0.2, 0.25) is 5.91 Å². The molecule has 1 unspecified atom stereocenters. The maximum Gasteiger partial charge on any atom is 0.251 e. The number of carbonyl (C=O) groups is 1. The van der Waals surface area contributed by atoms with Crippen molar-refractivity contribution in [2.24, 2.45) is 5.92 Å². The Labute approximate surface area is 149 Å². The van der Waals surface area contributed by atoms with Crippen LogP contribution >= 0.6 is 0 Å². The summed E-state index contributed by atoms with van der Waals surface area (Å²) < 4.78 is 26.6. The lowest BCUT2D eigenvalue weighted by atomic mass is 9.94. The Morgan fingerprint density at radius 1 is 1.12 bits per heavy atom. The molecule has 2 aliphatic heterocycles. The third-order valence-corrected chi connectivity index (χ3v) is 5.44. The van der Waals surface area contributed by atoms with Gasteiger partial charge in [0, 0.05) is 32.5 Å². The molecule has 1 amide bonds. The lowest BCUT2D eigenvalue weighted by Crippen LogP contribution is -2.49. The van der Waals surface area contributed by atoms with E-state index >= 15 is 0 Å². The number of hydrogen-bond acceptors (Lipinski definition) is 2. The highest BCUT2D eigenvalue weighted by Gasteiger charge is 2.37. The molecule has 1 aromatic carbocycles. The number of benzene rings is 1. The normalized spacial score (nSPS) is 24.2. The molecule has 0 aliphatic carbocycles. The molecule has 1 aromatic rings. The van der Waals surface area contributed by atoms with Crippen LogP contribution in [0, 0.1) is 5.92 Å². The van der Waals surface area contributed by atoms with E-state index in [9.17, 15) is 13.6 Å². The van der Waals surface area contributed by atoms with Gasteiger partial charge in [0.15, 0.2) is 0 Å². The van der Waals surface area contributed by atoms with E-state index in [-0.39, 0.29) is 37.8 Å². The van der Waals surface area contributed by atoms with Gasteiger partial charge in [-0.25, -0.2) is 8.78 Å². The van der Waals surface area contributed by atoms with E-state index in [4.69, 9.17) is 0 Å². The monoisotopic (exact) mass is 350 g/mol. The lowest BCUT2D eigenvalue weighted by molar-refractivity contribution is -0.143. The van der Waals surface area contributed by atoms with Gasteiger partial charge in [0.1, 0.15) is 0 Å². The number of piperidine rings is 2. The molecule has 0 bridgehead atoms. The summed E-state index contributed by atoms with van der Waals surface area (Å²) in [6.45, 7) is 3.22. The number of amides is 1. The fourth-order valence-corrected chi connectivity index (χ4v) is 3.92. The van der Waals surface area contributed by atoms with Crippen LogP contribution in [-0.4, -0.2) is 54.4 Å². The van der Waals surface area contributed by atoms with Gasteiger partial charge in [-0.05, 0) is 44.3 Å². The number of nitrogens with zero attached hydrogens (tertiary/aromatic N) is 2. The lowest BCUT2D eigenvalue weighted by Gasteiger charge is -2.37. The summed E-state index contributed by atoms with van der Waals surface area (Å²) >= 11 is 0. The summed E-state index contributed by atoms with van der Waals surface area (Å²) in [7, 11) is 0. The molecular weight excluding hydrogens is 322 g/mol. The second-order valence-electron chi connectivity index (χ2n) is 7.41. The molecule has 2 aliphatic rings. The number of hydrogen-bond donors (Lipinski definition) is 0. The largest absolute Gasteiger partial charge is 0.342 e. The topological polar surface area (TPSA) is 23.6 Å². The van der Waals surface area contributed by atoms with Crippen LogP contribution in [0.5, 0.6) is 0 Å². The molecule has 2 saturated heterocycles. The van der Waals surface area contributed by atoms with Gasteiger partial charge < -0.3 is 9.80 Å². The highest BCUT2D eigenvalue weighted by atomic mass is 19.3. The zero-order chi connectivity index (χ0) is 17.7. The number of likely N-dealkylation sites (tertiary alicyclic amines) is 2. The standard InChI is InChI=1S/C20H28F2N2O/c21-20(22)10-14-24(15-11-20)19(25)18-9-5-13-23(16-18)12-4-8-17-6-2-1-3-7-17/h1-3,6-7,18H,4-5,8-16H2. The summed E-state index contributed by atoms with van der Waals surface area (Å²) in [5.74, 6) is -2.52. The molecular formula is C20H28F2N2O. The van der Waals surface area contributed by atoms with E-state index in [1.807, 2.05) is 6.07 Å². The SMILES string of the molecule is O=C(C1CCCN(CCCc2ccccc2)C1)N1CCC(F)(F)CC1. The molecule has 0 spiro atoms. The van der Waals surface area contributed by atoms with Crippen molar-refractivity contribution in [3.05, 3.63) is 35.9 Å². The Kier molecular flexibility index (Phi) is 6.05. The molecule has 0 N–H and O–H groups in total. The quantitative estimate of drug-likeness (QED) is 0.810. The Hall–Kier alpha value is -1.49. The zero-order valence-corrected chi connectivity index (χ0v) is 14.8. The predicted octanol–water partition coefficient (Wildman–Crippen LogP) is 3.59. The number of halogens is 2. The third-order valence-electron chi connectivity index (χ3n) is 5.44. The highest BCUT2D eigenvalue weighted by Crippen LogP contribution is 2.29. The first-order chi connectivity index (χ1) is 12.0. The van der Waals surface area contributed by atoms with Gasteiger partial charge in [-0.2, -0.15) is 0 Å². The highest BCUT2D eigenvalue weighted by molar-refractivity contribution is 5.79. The van der Waals surface area contributed by atoms with Gasteiger partial charge in [-0.15, -0.1) is 0 Å². The number of carbonyl (C=O) groups excluding carboxylic acids is 1. The van der Waals surface area contributed by atoms with Crippen molar-refractivity contribution in [3.63, 3.8) is 0 Å². The summed E-state index contributed by atoms with van der Waals surface area (Å²) in [5, 5.41) is 0. The summed E-state index contributed by atoms with van der Waals surface area (Å²) in [4.78, 5) is 16.7. The first-order valence-electron chi connectivity index (χ1n) is 9.46. The first kappa shape index (κ1) is 18.3. The van der Waals surface area contributed by atoms with Gasteiger partial charge >= 0.3 is 0 Å². The Bertz CT molecular complexity index is 554. The van der Waals surface area contributed by atoms with Crippen molar-refractivity contribution in [3.8, 4) is 0 Å². The van der Waals surface area contributed by atoms with Crippen LogP contribution in [0.3, 0.4) is 0 Å². The minimum atomic E-state index is -2.59. The maximum absolute atomic E-state index is 13.3. The average molecular weight is 350 g/mol. The van der Waals surface area contributed by atoms with Crippen LogP contribution in [-0.2, 0) is 11.2 Å². The molecule has 1 atom stereocenters. The molecule has 0 aromatic heterocycles. The van der Waals surface area contributed by atoms with Crippen LogP contribution < -0.4 is 0 Å². The van der Waals surface area contributed by atoms with Crippen LogP contribution in [0.2, 0.25) is 0 Å². The molecule has 5 heteroatoms. The fraction of sp³-hybridized carbons (Fsp3) is 0.650. The molecule has 2 heterocycles. The van der Waals surface area contributed by atoms with Crippen molar-refractivity contribution < 1.29 is 13.6 Å². The van der Waals surface area contributed by atoms with E-state index < -0.39 is 5.92 Å². The smallest absolute Gasteiger partial charge is 0.251 e. The molecule has 25 heavy (non-hydrogen) atoms. The second-order valence-corrected chi connectivity index (χ2v) is 7.41. The van der Waals surface area contributed by atoms with E-state index in [2.05, 4.69) is 29.2 Å². The van der Waals surface area contributed by atoms with E-state index in [1.54, 1.807) is 4.90 Å². The van der Waals surface area contributed by atoms with E-state index in [1.165, 1.54) is 5.56 Å². The fourth-order valence-electron chi connectivity index (χ4n) is 3.92. The molecule has 0 radical (unpaired) electrons.